The van der Waals surface area contributed by atoms with Gasteiger partial charge in [0.1, 0.15) is 0 Å². The number of allylic oxidation sites excluding steroid dienone is 1. The Hall–Kier alpha value is -0.900. The molecule has 0 aromatic carbocycles. The number of fused-ring (bicyclic) bond motifs is 1. The molecule has 1 saturated heterocycles. The van der Waals surface area contributed by atoms with Crippen molar-refractivity contribution in [3.8, 4) is 0 Å². The Kier molecular flexibility index (Phi) is 2.54. The number of nitrogens with zero attached hydrogens (tertiary/aromatic N) is 2. The molecule has 1 atom stereocenters. The summed E-state index contributed by atoms with van der Waals surface area (Å²) in [5.74, 6) is 1.26. The largest absolute Gasteiger partial charge is 0.383 e. The number of rotatable bonds is 2. The third-order valence-electron chi connectivity index (χ3n) is 2.28. The van der Waals surface area contributed by atoms with Crippen LogP contribution in [0, 0.1) is 0 Å². The number of carbonyl (C=O) groups excluding carboxylic acids is 1. The Morgan fingerprint density at radius 1 is 1.64 bits per heavy atom. The van der Waals surface area contributed by atoms with E-state index in [1.165, 1.54) is 5.57 Å². The average Bonchev–Trinajstić information content (AvgIpc) is 2.14. The fourth-order valence-electron chi connectivity index (χ4n) is 1.44. The summed E-state index contributed by atoms with van der Waals surface area (Å²) >= 11 is 1.84. The zero-order valence-electron chi connectivity index (χ0n) is 8.43. The first-order valence-corrected chi connectivity index (χ1v) is 5.70. The first-order valence-electron chi connectivity index (χ1n) is 4.65. The van der Waals surface area contributed by atoms with Crippen molar-refractivity contribution in [2.45, 2.75) is 11.8 Å². The molecule has 0 radical (unpaired) electrons. The fraction of sp³-hybridized carbons (Fsp3) is 0.500. The van der Waals surface area contributed by atoms with Gasteiger partial charge in [0.2, 0.25) is 5.91 Å². The maximum absolute atomic E-state index is 11.2. The van der Waals surface area contributed by atoms with E-state index in [1.54, 1.807) is 0 Å². The van der Waals surface area contributed by atoms with Gasteiger partial charge in [0, 0.05) is 26.0 Å². The summed E-state index contributed by atoms with van der Waals surface area (Å²) in [5, 5.41) is 0.416. The standard InChI is InChI=1S/C10H14N2OS/c1-11(2)4-3-8-6-12-9(13)5-10(12)14-7-8/h3-4,6,10H,5,7H2,1-2H3. The average molecular weight is 210 g/mol. The van der Waals surface area contributed by atoms with Crippen LogP contribution in [0.5, 0.6) is 0 Å². The van der Waals surface area contributed by atoms with Crippen molar-refractivity contribution in [1.82, 2.24) is 9.80 Å². The van der Waals surface area contributed by atoms with Gasteiger partial charge in [-0.1, -0.05) is 0 Å². The van der Waals surface area contributed by atoms with Crippen molar-refractivity contribution in [2.24, 2.45) is 0 Å². The van der Waals surface area contributed by atoms with Gasteiger partial charge in [-0.15, -0.1) is 11.8 Å². The summed E-state index contributed by atoms with van der Waals surface area (Å²) in [5.41, 5.74) is 1.22. The van der Waals surface area contributed by atoms with Crippen molar-refractivity contribution in [2.75, 3.05) is 19.8 Å². The van der Waals surface area contributed by atoms with Crippen LogP contribution in [-0.2, 0) is 4.79 Å². The van der Waals surface area contributed by atoms with Crippen LogP contribution in [0.25, 0.3) is 0 Å². The number of carbonyl (C=O) groups is 1. The third kappa shape index (κ3) is 1.80. The monoisotopic (exact) mass is 210 g/mol. The van der Waals surface area contributed by atoms with Crippen molar-refractivity contribution in [1.29, 1.82) is 0 Å². The number of hydrogen-bond donors (Lipinski definition) is 0. The highest BCUT2D eigenvalue weighted by Gasteiger charge is 2.37. The smallest absolute Gasteiger partial charge is 0.230 e. The minimum absolute atomic E-state index is 0.248. The van der Waals surface area contributed by atoms with Crippen molar-refractivity contribution < 1.29 is 4.79 Å². The van der Waals surface area contributed by atoms with Crippen LogP contribution in [0.15, 0.2) is 24.0 Å². The fourth-order valence-corrected chi connectivity index (χ4v) is 2.60. The Morgan fingerprint density at radius 2 is 2.43 bits per heavy atom. The van der Waals surface area contributed by atoms with Crippen LogP contribution < -0.4 is 0 Å². The summed E-state index contributed by atoms with van der Waals surface area (Å²) in [6.45, 7) is 0. The maximum atomic E-state index is 11.2. The van der Waals surface area contributed by atoms with E-state index < -0.39 is 0 Å². The second kappa shape index (κ2) is 3.69. The summed E-state index contributed by atoms with van der Waals surface area (Å²) < 4.78 is 0. The van der Waals surface area contributed by atoms with E-state index in [2.05, 4.69) is 6.08 Å². The molecule has 2 aliphatic heterocycles. The number of hydrogen-bond acceptors (Lipinski definition) is 3. The molecular weight excluding hydrogens is 196 g/mol. The third-order valence-corrected chi connectivity index (χ3v) is 3.56. The van der Waals surface area contributed by atoms with Gasteiger partial charge in [-0.25, -0.2) is 0 Å². The van der Waals surface area contributed by atoms with E-state index in [4.69, 9.17) is 0 Å². The lowest BCUT2D eigenvalue weighted by Gasteiger charge is -2.40. The van der Waals surface area contributed by atoms with Gasteiger partial charge in [-0.2, -0.15) is 0 Å². The van der Waals surface area contributed by atoms with Gasteiger partial charge in [0.05, 0.1) is 11.8 Å². The van der Waals surface area contributed by atoms with E-state index >= 15 is 0 Å². The van der Waals surface area contributed by atoms with Crippen molar-refractivity contribution in [3.05, 3.63) is 24.0 Å². The molecule has 0 N–H and O–H groups in total. The van der Waals surface area contributed by atoms with Crippen molar-refractivity contribution in [3.63, 3.8) is 0 Å². The lowest BCUT2D eigenvalue weighted by Crippen LogP contribution is -2.49. The predicted octanol–water partition coefficient (Wildman–Crippen LogP) is 1.25. The molecule has 0 saturated carbocycles. The zero-order valence-corrected chi connectivity index (χ0v) is 9.25. The van der Waals surface area contributed by atoms with E-state index in [1.807, 2.05) is 48.1 Å². The molecule has 4 heteroatoms. The maximum Gasteiger partial charge on any atom is 0.230 e. The van der Waals surface area contributed by atoms with Crippen LogP contribution in [0.3, 0.4) is 0 Å². The number of β-lactam (4-membered cyclic amide) rings is 1. The summed E-state index contributed by atoms with van der Waals surface area (Å²) in [7, 11) is 3.98. The molecule has 14 heavy (non-hydrogen) atoms. The molecule has 0 bridgehead atoms. The second-order valence-corrected chi connectivity index (χ2v) is 4.92. The van der Waals surface area contributed by atoms with Crippen LogP contribution in [0.4, 0.5) is 0 Å². The van der Waals surface area contributed by atoms with Crippen LogP contribution in [0.1, 0.15) is 6.42 Å². The molecule has 76 valence electrons. The zero-order chi connectivity index (χ0) is 10.1. The minimum atomic E-state index is 0.248. The lowest BCUT2D eigenvalue weighted by molar-refractivity contribution is -0.137. The van der Waals surface area contributed by atoms with Gasteiger partial charge in [-0.05, 0) is 17.8 Å². The van der Waals surface area contributed by atoms with Gasteiger partial charge in [0.15, 0.2) is 0 Å². The summed E-state index contributed by atoms with van der Waals surface area (Å²) in [6, 6.07) is 0. The quantitative estimate of drug-likeness (QED) is 0.641. The summed E-state index contributed by atoms with van der Waals surface area (Å²) in [6.07, 6.45) is 6.77. The number of thioether (sulfide) groups is 1. The van der Waals surface area contributed by atoms with E-state index in [9.17, 15) is 4.79 Å². The molecular formula is C10H14N2OS. The molecule has 1 amide bonds. The molecule has 2 heterocycles. The first-order chi connectivity index (χ1) is 6.66. The Balaban J connectivity index is 2.03. The Morgan fingerprint density at radius 3 is 3.07 bits per heavy atom. The van der Waals surface area contributed by atoms with Gasteiger partial charge in [0.25, 0.3) is 0 Å². The molecule has 0 spiro atoms. The lowest BCUT2D eigenvalue weighted by atomic mass is 10.2. The molecule has 2 aliphatic rings. The molecule has 3 nitrogen and oxygen atoms in total. The molecule has 0 aromatic heterocycles. The van der Waals surface area contributed by atoms with Gasteiger partial charge in [-0.3, -0.25) is 4.79 Å². The molecule has 1 fully saturated rings. The Bertz CT molecular complexity index is 309. The van der Waals surface area contributed by atoms with E-state index in [0.717, 1.165) is 5.75 Å². The van der Waals surface area contributed by atoms with Gasteiger partial charge >= 0.3 is 0 Å². The van der Waals surface area contributed by atoms with E-state index in [0.29, 0.717) is 11.8 Å². The van der Waals surface area contributed by atoms with Crippen molar-refractivity contribution >= 4 is 17.7 Å². The topological polar surface area (TPSA) is 23.6 Å². The van der Waals surface area contributed by atoms with Gasteiger partial charge < -0.3 is 9.80 Å². The molecule has 2 rings (SSSR count). The predicted molar refractivity (Wildman–Crippen MR) is 58.6 cm³/mol. The highest BCUT2D eigenvalue weighted by Crippen LogP contribution is 2.35. The molecule has 1 unspecified atom stereocenters. The Labute approximate surface area is 88.4 Å². The highest BCUT2D eigenvalue weighted by molar-refractivity contribution is 8.00. The minimum Gasteiger partial charge on any atom is -0.383 e. The number of amides is 1. The summed E-state index contributed by atoms with van der Waals surface area (Å²) in [4.78, 5) is 15.0. The normalized spacial score (nSPS) is 25.9. The van der Waals surface area contributed by atoms with Crippen LogP contribution >= 0.6 is 11.8 Å². The molecule has 0 aromatic rings. The highest BCUT2D eigenvalue weighted by atomic mass is 32.2. The first kappa shape index (κ1) is 9.65. The van der Waals surface area contributed by atoms with Crippen LogP contribution in [0.2, 0.25) is 0 Å². The second-order valence-electron chi connectivity index (χ2n) is 3.75. The van der Waals surface area contributed by atoms with E-state index in [-0.39, 0.29) is 5.91 Å². The SMILES string of the molecule is CN(C)C=CC1=CN2C(=O)CC2SC1. The van der Waals surface area contributed by atoms with Crippen LogP contribution in [-0.4, -0.2) is 40.9 Å². The molecule has 0 aliphatic carbocycles.